The minimum atomic E-state index is 0.685. The molecule has 15 heavy (non-hydrogen) atoms. The largest absolute Gasteiger partial charge is 0.317 e. The van der Waals surface area contributed by atoms with Crippen LogP contribution in [0.2, 0.25) is 0 Å². The van der Waals surface area contributed by atoms with E-state index in [9.17, 15) is 0 Å². The zero-order valence-electron chi connectivity index (χ0n) is 9.17. The zero-order valence-corrected chi connectivity index (χ0v) is 10.8. The lowest BCUT2D eigenvalue weighted by atomic mass is 9.82. The highest BCUT2D eigenvalue weighted by molar-refractivity contribution is 9.10. The summed E-state index contributed by atoms with van der Waals surface area (Å²) in [4.78, 5) is 0. The first-order valence-electron chi connectivity index (χ1n) is 5.73. The lowest BCUT2D eigenvalue weighted by molar-refractivity contribution is 0.330. The summed E-state index contributed by atoms with van der Waals surface area (Å²) >= 11 is 3.54. The van der Waals surface area contributed by atoms with Crippen LogP contribution in [0.1, 0.15) is 31.2 Å². The molecule has 1 aromatic rings. The van der Waals surface area contributed by atoms with Gasteiger partial charge in [0.05, 0.1) is 0 Å². The normalized spacial score (nSPS) is 20.1. The number of nitrogens with one attached hydrogen (secondary N) is 1. The van der Waals surface area contributed by atoms with Crippen molar-refractivity contribution in [1.82, 2.24) is 5.32 Å². The van der Waals surface area contributed by atoms with Gasteiger partial charge in [0.1, 0.15) is 0 Å². The van der Waals surface area contributed by atoms with Crippen molar-refractivity contribution < 1.29 is 0 Å². The Labute approximate surface area is 100 Å². The Balaban J connectivity index is 2.08. The fourth-order valence-electron chi connectivity index (χ4n) is 2.41. The molecule has 0 aliphatic carbocycles. The Bertz CT molecular complexity index is 318. The third-order valence-corrected chi connectivity index (χ3v) is 3.96. The number of hydrogen-bond acceptors (Lipinski definition) is 1. The van der Waals surface area contributed by atoms with Crippen LogP contribution in [0.25, 0.3) is 0 Å². The second-order valence-electron chi connectivity index (χ2n) is 4.43. The molecule has 1 unspecified atom stereocenters. The summed E-state index contributed by atoms with van der Waals surface area (Å²) in [6, 6.07) is 8.74. The molecule has 0 spiro atoms. The van der Waals surface area contributed by atoms with Gasteiger partial charge in [0.2, 0.25) is 0 Å². The van der Waals surface area contributed by atoms with Gasteiger partial charge in [-0.1, -0.05) is 35.0 Å². The second-order valence-corrected chi connectivity index (χ2v) is 5.35. The predicted octanol–water partition coefficient (Wildman–Crippen LogP) is 3.55. The zero-order chi connectivity index (χ0) is 10.7. The van der Waals surface area contributed by atoms with Crippen molar-refractivity contribution in [2.45, 2.75) is 25.7 Å². The van der Waals surface area contributed by atoms with E-state index in [0.717, 1.165) is 5.92 Å². The average Bonchev–Trinajstić information content (AvgIpc) is 2.29. The third kappa shape index (κ3) is 2.82. The van der Waals surface area contributed by atoms with Gasteiger partial charge in [-0.25, -0.2) is 0 Å². The lowest BCUT2D eigenvalue weighted by Gasteiger charge is -2.28. The monoisotopic (exact) mass is 267 g/mol. The maximum absolute atomic E-state index is 3.54. The van der Waals surface area contributed by atoms with Gasteiger partial charge >= 0.3 is 0 Å². The van der Waals surface area contributed by atoms with Crippen LogP contribution in [0.4, 0.5) is 0 Å². The number of piperidine rings is 1. The minimum Gasteiger partial charge on any atom is -0.317 e. The third-order valence-electron chi connectivity index (χ3n) is 3.47. The first-order valence-corrected chi connectivity index (χ1v) is 6.53. The molecule has 0 amide bonds. The van der Waals surface area contributed by atoms with E-state index in [1.165, 1.54) is 36.0 Å². The van der Waals surface area contributed by atoms with Crippen LogP contribution in [0.5, 0.6) is 0 Å². The molecule has 0 aromatic heterocycles. The second kappa shape index (κ2) is 5.13. The highest BCUT2D eigenvalue weighted by atomic mass is 79.9. The molecular weight excluding hydrogens is 250 g/mol. The van der Waals surface area contributed by atoms with Crippen LogP contribution in [0.3, 0.4) is 0 Å². The number of benzene rings is 1. The maximum atomic E-state index is 3.54. The molecule has 1 aliphatic heterocycles. The summed E-state index contributed by atoms with van der Waals surface area (Å²) in [6.07, 6.45) is 2.63. The maximum Gasteiger partial charge on any atom is 0.0178 e. The lowest BCUT2D eigenvalue weighted by Crippen LogP contribution is -2.30. The van der Waals surface area contributed by atoms with E-state index in [-0.39, 0.29) is 0 Å². The van der Waals surface area contributed by atoms with Crippen LogP contribution in [0.15, 0.2) is 28.7 Å². The van der Waals surface area contributed by atoms with E-state index >= 15 is 0 Å². The van der Waals surface area contributed by atoms with Crippen molar-refractivity contribution in [3.8, 4) is 0 Å². The molecule has 0 bridgehead atoms. The quantitative estimate of drug-likeness (QED) is 0.864. The van der Waals surface area contributed by atoms with Gasteiger partial charge in [0.25, 0.3) is 0 Å². The number of rotatable bonds is 2. The molecule has 0 saturated carbocycles. The molecule has 1 aromatic carbocycles. The molecule has 82 valence electrons. The summed E-state index contributed by atoms with van der Waals surface area (Å²) in [6.45, 7) is 4.73. The van der Waals surface area contributed by atoms with E-state index in [0.29, 0.717) is 5.92 Å². The first kappa shape index (κ1) is 11.2. The smallest absolute Gasteiger partial charge is 0.0178 e. The van der Waals surface area contributed by atoms with E-state index in [1.54, 1.807) is 0 Å². The molecule has 1 N–H and O–H groups in total. The Morgan fingerprint density at radius 3 is 2.73 bits per heavy atom. The van der Waals surface area contributed by atoms with Gasteiger partial charge in [-0.2, -0.15) is 0 Å². The topological polar surface area (TPSA) is 12.0 Å². The molecule has 2 heteroatoms. The van der Waals surface area contributed by atoms with Crippen molar-refractivity contribution in [3.63, 3.8) is 0 Å². The van der Waals surface area contributed by atoms with E-state index < -0.39 is 0 Å². The Morgan fingerprint density at radius 1 is 1.33 bits per heavy atom. The van der Waals surface area contributed by atoms with Gasteiger partial charge in [-0.3, -0.25) is 0 Å². The minimum absolute atomic E-state index is 0.685. The van der Waals surface area contributed by atoms with E-state index in [4.69, 9.17) is 0 Å². The molecule has 1 fully saturated rings. The van der Waals surface area contributed by atoms with Crippen molar-refractivity contribution in [3.05, 3.63) is 34.3 Å². The van der Waals surface area contributed by atoms with Gasteiger partial charge in [-0.15, -0.1) is 0 Å². The molecule has 1 nitrogen and oxygen atoms in total. The van der Waals surface area contributed by atoms with Crippen molar-refractivity contribution in [2.24, 2.45) is 5.92 Å². The van der Waals surface area contributed by atoms with Crippen LogP contribution in [-0.2, 0) is 0 Å². The molecule has 2 rings (SSSR count). The molecule has 0 radical (unpaired) electrons. The summed E-state index contributed by atoms with van der Waals surface area (Å²) in [5.74, 6) is 1.53. The Kier molecular flexibility index (Phi) is 3.81. The summed E-state index contributed by atoms with van der Waals surface area (Å²) in [7, 11) is 0. The number of halogens is 1. The Morgan fingerprint density at radius 2 is 2.07 bits per heavy atom. The van der Waals surface area contributed by atoms with Crippen LogP contribution in [0, 0.1) is 5.92 Å². The van der Waals surface area contributed by atoms with Crippen LogP contribution in [-0.4, -0.2) is 13.1 Å². The highest BCUT2D eigenvalue weighted by Gasteiger charge is 2.20. The summed E-state index contributed by atoms with van der Waals surface area (Å²) in [5, 5.41) is 3.42. The SMILES string of the molecule is CC(c1cccc(Br)c1)C1CCNCC1. The van der Waals surface area contributed by atoms with Crippen LogP contribution >= 0.6 is 15.9 Å². The van der Waals surface area contributed by atoms with Gasteiger partial charge in [0, 0.05) is 4.47 Å². The van der Waals surface area contributed by atoms with Gasteiger partial charge in [0.15, 0.2) is 0 Å². The van der Waals surface area contributed by atoms with Gasteiger partial charge in [-0.05, 0) is 55.5 Å². The van der Waals surface area contributed by atoms with E-state index in [2.05, 4.69) is 52.4 Å². The highest BCUT2D eigenvalue weighted by Crippen LogP contribution is 2.31. The van der Waals surface area contributed by atoms with Crippen molar-refractivity contribution >= 4 is 15.9 Å². The standard InChI is InChI=1S/C13H18BrN/c1-10(11-5-7-15-8-6-11)12-3-2-4-13(14)9-12/h2-4,9-11,15H,5-8H2,1H3. The van der Waals surface area contributed by atoms with Gasteiger partial charge < -0.3 is 5.32 Å². The first-order chi connectivity index (χ1) is 7.27. The molecular formula is C13H18BrN. The molecule has 1 atom stereocenters. The predicted molar refractivity (Wildman–Crippen MR) is 68.2 cm³/mol. The van der Waals surface area contributed by atoms with E-state index in [1.807, 2.05) is 0 Å². The van der Waals surface area contributed by atoms with Crippen molar-refractivity contribution in [2.75, 3.05) is 13.1 Å². The summed E-state index contributed by atoms with van der Waals surface area (Å²) < 4.78 is 1.20. The van der Waals surface area contributed by atoms with Crippen LogP contribution < -0.4 is 5.32 Å². The molecule has 1 heterocycles. The molecule has 1 saturated heterocycles. The fourth-order valence-corrected chi connectivity index (χ4v) is 2.82. The Hall–Kier alpha value is -0.340. The van der Waals surface area contributed by atoms with Crippen molar-refractivity contribution in [1.29, 1.82) is 0 Å². The number of hydrogen-bond donors (Lipinski definition) is 1. The average molecular weight is 268 g/mol. The fraction of sp³-hybridized carbons (Fsp3) is 0.538. The molecule has 1 aliphatic rings. The summed E-state index contributed by atoms with van der Waals surface area (Å²) in [5.41, 5.74) is 1.47.